The van der Waals surface area contributed by atoms with Crippen LogP contribution in [-0.4, -0.2) is 89.1 Å². The van der Waals surface area contributed by atoms with Gasteiger partial charge in [0.15, 0.2) is 17.3 Å². The lowest BCUT2D eigenvalue weighted by Gasteiger charge is -2.39. The van der Waals surface area contributed by atoms with Gasteiger partial charge >= 0.3 is 6.18 Å². The molecule has 296 valence electrons. The molecule has 14 nitrogen and oxygen atoms in total. The van der Waals surface area contributed by atoms with Crippen molar-refractivity contribution < 1.29 is 37.0 Å². The summed E-state index contributed by atoms with van der Waals surface area (Å²) in [6.07, 6.45) is -2.88. The summed E-state index contributed by atoms with van der Waals surface area (Å²) in [7, 11) is 2.11. The second-order valence-corrected chi connectivity index (χ2v) is 15.6. The van der Waals surface area contributed by atoms with E-state index in [9.17, 15) is 37.1 Å². The van der Waals surface area contributed by atoms with Crippen molar-refractivity contribution in [1.29, 1.82) is 0 Å². The summed E-state index contributed by atoms with van der Waals surface area (Å²) in [6, 6.07) is 9.74. The number of aryl methyl sites for hydroxylation is 1. The first kappa shape index (κ1) is 36.9. The number of likely N-dealkylation sites (N-methyl/N-ethyl adjacent to an activating group) is 1. The second-order valence-electron chi connectivity index (χ2n) is 15.6. The molecule has 9 rings (SSSR count). The van der Waals surface area contributed by atoms with E-state index in [1.807, 2.05) is 12.1 Å². The zero-order valence-electron chi connectivity index (χ0n) is 31.1. The molecule has 1 aliphatic carbocycles. The van der Waals surface area contributed by atoms with E-state index in [4.69, 9.17) is 9.72 Å². The molecule has 2 aromatic carbocycles. The molecule has 0 bridgehead atoms. The summed E-state index contributed by atoms with van der Waals surface area (Å²) in [5, 5.41) is 17.5. The first-order chi connectivity index (χ1) is 27.1. The SMILES string of the molecule is Cc1ncnc(C(=O)N2CCC3(CC2)OC(C)c2c3c(=O)n3nc(-c4ccc([C@]56CC5CN(C)C6)cc4)nc3n2CC(=O)Nc2ccc(C(F)(F)F)cc2F)c1O. The third kappa shape index (κ3) is 5.95. The number of aromatic hydroxyl groups is 1. The first-order valence-electron chi connectivity index (χ1n) is 18.6. The molecule has 2 N–H and O–H groups in total. The van der Waals surface area contributed by atoms with Crippen LogP contribution in [0.4, 0.5) is 23.2 Å². The molecule has 2 unspecified atom stereocenters. The molecule has 3 aliphatic heterocycles. The lowest BCUT2D eigenvalue weighted by atomic mass is 9.85. The Bertz CT molecular complexity index is 2550. The third-order valence-electron chi connectivity index (χ3n) is 12.0. The van der Waals surface area contributed by atoms with Crippen LogP contribution in [0.1, 0.15) is 70.9 Å². The fourth-order valence-electron chi connectivity index (χ4n) is 9.13. The molecule has 18 heteroatoms. The number of piperidine rings is 2. The van der Waals surface area contributed by atoms with Crippen LogP contribution in [0.3, 0.4) is 0 Å². The minimum atomic E-state index is -4.78. The molecular weight excluding hydrogens is 750 g/mol. The van der Waals surface area contributed by atoms with Gasteiger partial charge in [-0.1, -0.05) is 24.3 Å². The smallest absolute Gasteiger partial charge is 0.416 e. The number of carbonyl (C=O) groups is 2. The number of fused-ring (bicyclic) bond motifs is 4. The minimum Gasteiger partial charge on any atom is -0.504 e. The number of amides is 2. The monoisotopic (exact) mass is 787 g/mol. The van der Waals surface area contributed by atoms with Gasteiger partial charge in [-0.2, -0.15) is 22.7 Å². The van der Waals surface area contributed by atoms with Crippen LogP contribution in [0.15, 0.2) is 53.6 Å². The number of aromatic nitrogens is 6. The molecule has 3 aromatic heterocycles. The number of rotatable bonds is 6. The zero-order chi connectivity index (χ0) is 40.2. The zero-order valence-corrected chi connectivity index (χ0v) is 31.1. The van der Waals surface area contributed by atoms with Crippen LogP contribution in [0.5, 0.6) is 5.75 Å². The minimum absolute atomic E-state index is 0.00820. The van der Waals surface area contributed by atoms with Gasteiger partial charge in [0.1, 0.15) is 24.3 Å². The second kappa shape index (κ2) is 12.9. The van der Waals surface area contributed by atoms with Crippen molar-refractivity contribution in [3.8, 4) is 17.1 Å². The Balaban J connectivity index is 1.08. The Morgan fingerprint density at radius 1 is 1.09 bits per heavy atom. The molecule has 1 saturated carbocycles. The molecule has 57 heavy (non-hydrogen) atoms. The van der Waals surface area contributed by atoms with Crippen molar-refractivity contribution >= 4 is 23.3 Å². The number of carbonyl (C=O) groups excluding carboxylic acids is 2. The fourth-order valence-corrected chi connectivity index (χ4v) is 9.13. The molecule has 2 amide bonds. The molecule has 4 aliphatic rings. The Morgan fingerprint density at radius 3 is 2.49 bits per heavy atom. The van der Waals surface area contributed by atoms with E-state index in [1.165, 1.54) is 21.4 Å². The fraction of sp³-hybridized carbons (Fsp3) is 0.410. The van der Waals surface area contributed by atoms with Crippen molar-refractivity contribution in [2.24, 2.45) is 5.92 Å². The number of likely N-dealkylation sites (tertiary alicyclic amines) is 2. The summed E-state index contributed by atoms with van der Waals surface area (Å²) < 4.78 is 63.6. The number of hydrogen-bond acceptors (Lipinski definition) is 10. The quantitative estimate of drug-likeness (QED) is 0.233. The lowest BCUT2D eigenvalue weighted by Crippen LogP contribution is -2.47. The number of halogens is 4. The van der Waals surface area contributed by atoms with Crippen LogP contribution in [-0.2, 0) is 33.3 Å². The third-order valence-corrected chi connectivity index (χ3v) is 12.0. The van der Waals surface area contributed by atoms with E-state index in [1.54, 1.807) is 13.8 Å². The van der Waals surface area contributed by atoms with Gasteiger partial charge in [-0.05, 0) is 69.8 Å². The molecule has 5 aromatic rings. The van der Waals surface area contributed by atoms with Gasteiger partial charge in [-0.3, -0.25) is 14.4 Å². The van der Waals surface area contributed by atoms with E-state index in [2.05, 4.69) is 44.5 Å². The summed E-state index contributed by atoms with van der Waals surface area (Å²) in [5.41, 5.74) is -0.754. The largest absolute Gasteiger partial charge is 0.504 e. The average molecular weight is 788 g/mol. The summed E-state index contributed by atoms with van der Waals surface area (Å²) in [5.74, 6) is -2.07. The van der Waals surface area contributed by atoms with Gasteiger partial charge in [0.25, 0.3) is 11.5 Å². The van der Waals surface area contributed by atoms with Crippen LogP contribution in [0.2, 0.25) is 0 Å². The van der Waals surface area contributed by atoms with Gasteiger partial charge in [0, 0.05) is 37.2 Å². The number of ether oxygens (including phenoxy) is 1. The van der Waals surface area contributed by atoms with Crippen LogP contribution in [0.25, 0.3) is 17.2 Å². The van der Waals surface area contributed by atoms with Crippen LogP contribution < -0.4 is 10.9 Å². The highest BCUT2D eigenvalue weighted by atomic mass is 19.4. The molecule has 3 fully saturated rings. The van der Waals surface area contributed by atoms with Gasteiger partial charge < -0.3 is 29.5 Å². The molecule has 6 heterocycles. The van der Waals surface area contributed by atoms with Crippen LogP contribution in [0, 0.1) is 18.7 Å². The summed E-state index contributed by atoms with van der Waals surface area (Å²) in [6.45, 7) is 5.03. The van der Waals surface area contributed by atoms with E-state index >= 15 is 0 Å². The highest BCUT2D eigenvalue weighted by molar-refractivity contribution is 5.95. The van der Waals surface area contributed by atoms with E-state index < -0.39 is 58.9 Å². The number of benzene rings is 2. The summed E-state index contributed by atoms with van der Waals surface area (Å²) in [4.78, 5) is 58.1. The Kier molecular flexibility index (Phi) is 8.33. The molecule has 0 radical (unpaired) electrons. The van der Waals surface area contributed by atoms with Crippen LogP contribution >= 0.6 is 0 Å². The topological polar surface area (TPSA) is 160 Å². The van der Waals surface area contributed by atoms with Crippen molar-refractivity contribution in [2.75, 3.05) is 38.5 Å². The van der Waals surface area contributed by atoms with E-state index in [0.29, 0.717) is 29.3 Å². The summed E-state index contributed by atoms with van der Waals surface area (Å²) >= 11 is 0. The van der Waals surface area contributed by atoms with E-state index in [-0.39, 0.29) is 65.6 Å². The predicted octanol–water partition coefficient (Wildman–Crippen LogP) is 4.58. The lowest BCUT2D eigenvalue weighted by molar-refractivity contribution is -0.137. The maximum absolute atomic E-state index is 14.8. The molecule has 1 spiro atoms. The number of anilines is 1. The number of hydrogen-bond donors (Lipinski definition) is 2. The maximum atomic E-state index is 14.8. The van der Waals surface area contributed by atoms with Gasteiger partial charge in [-0.15, -0.1) is 5.10 Å². The first-order valence-corrected chi connectivity index (χ1v) is 18.6. The number of nitrogens with one attached hydrogen (secondary N) is 1. The highest BCUT2D eigenvalue weighted by Crippen LogP contribution is 2.58. The average Bonchev–Trinajstić information content (AvgIpc) is 3.42. The standard InChI is InChI=1S/C39H37F4N9O5/c1-20-32(54)30(45-19-44-20)35(56)50-12-10-38(11-13-50)29-31(21(2)57-38)51(17-28(53)46-27-9-8-24(14-26(27)40)39(41,42)43)36-47-33(48-52(36)34(29)55)22-4-6-23(7-5-22)37-15-25(37)16-49(3)18-37/h4-9,14,19,21,25,54H,10-13,15-18H2,1-3H3,(H,46,53)/t21?,25?,37-/m1/s1. The molecule has 3 atom stereocenters. The van der Waals surface area contributed by atoms with Crippen molar-refractivity contribution in [3.05, 3.63) is 98.7 Å². The molecule has 2 saturated heterocycles. The predicted molar refractivity (Wildman–Crippen MR) is 195 cm³/mol. The Morgan fingerprint density at radius 2 is 1.82 bits per heavy atom. The maximum Gasteiger partial charge on any atom is 0.416 e. The van der Waals surface area contributed by atoms with E-state index in [0.717, 1.165) is 30.1 Å². The van der Waals surface area contributed by atoms with Crippen molar-refractivity contribution in [2.45, 2.75) is 63.0 Å². The van der Waals surface area contributed by atoms with Gasteiger partial charge in [0.2, 0.25) is 11.7 Å². The van der Waals surface area contributed by atoms with Crippen molar-refractivity contribution in [1.82, 2.24) is 38.9 Å². The van der Waals surface area contributed by atoms with Gasteiger partial charge in [-0.25, -0.2) is 14.4 Å². The number of alkyl halides is 3. The highest BCUT2D eigenvalue weighted by Gasteiger charge is 2.59. The normalized spacial score (nSPS) is 22.5. The Labute approximate surface area is 322 Å². The molecular formula is C39H37F4N9O5. The van der Waals surface area contributed by atoms with Gasteiger partial charge in [0.05, 0.1) is 34.3 Å². The Hall–Kier alpha value is -5.75. The van der Waals surface area contributed by atoms with Crippen molar-refractivity contribution in [3.63, 3.8) is 0 Å². The number of nitrogens with zero attached hydrogens (tertiary/aromatic N) is 8.